The van der Waals surface area contributed by atoms with Crippen molar-refractivity contribution in [1.82, 2.24) is 0 Å². The Bertz CT molecular complexity index is 345. The number of rotatable bonds is 2. The number of methoxy groups -OCH3 is 1. The Labute approximate surface area is 89.2 Å². The van der Waals surface area contributed by atoms with E-state index in [-0.39, 0.29) is 22.6 Å². The van der Waals surface area contributed by atoms with E-state index >= 15 is 0 Å². The average Bonchev–Trinajstić information content (AvgIpc) is 2.14. The van der Waals surface area contributed by atoms with Gasteiger partial charge < -0.3 is 10.5 Å². The van der Waals surface area contributed by atoms with Gasteiger partial charge in [0.05, 0.1) is 23.7 Å². The van der Waals surface area contributed by atoms with Gasteiger partial charge >= 0.3 is 5.97 Å². The molecule has 0 fully saturated rings. The minimum Gasteiger partial charge on any atom is -0.469 e. The first-order valence-corrected chi connectivity index (χ1v) is 4.64. The third kappa shape index (κ3) is 2.45. The first-order valence-electron chi connectivity index (χ1n) is 3.84. The minimum absolute atomic E-state index is 0.0123. The van der Waals surface area contributed by atoms with Crippen LogP contribution in [0, 0.1) is 5.82 Å². The first-order chi connectivity index (χ1) is 6.54. The molecule has 1 aromatic rings. The molecule has 0 spiro atoms. The van der Waals surface area contributed by atoms with E-state index in [0.717, 1.165) is 0 Å². The molecule has 0 saturated carbocycles. The number of nitrogens with two attached hydrogens (primary N) is 1. The number of nitrogen functional groups attached to an aromatic ring is 1. The molecule has 0 radical (unpaired) electrons. The fourth-order valence-corrected chi connectivity index (χ4v) is 1.53. The molecule has 0 amide bonds. The predicted molar refractivity (Wildman–Crippen MR) is 54.2 cm³/mol. The van der Waals surface area contributed by atoms with Crippen molar-refractivity contribution in [2.24, 2.45) is 0 Å². The van der Waals surface area contributed by atoms with Crippen molar-refractivity contribution in [2.75, 3.05) is 12.8 Å². The summed E-state index contributed by atoms with van der Waals surface area (Å²) in [4.78, 5) is 10.9. The van der Waals surface area contributed by atoms with Crippen LogP contribution >= 0.6 is 15.9 Å². The SMILES string of the molecule is COC(=O)Cc1cc(N)c(F)c(Br)c1. The van der Waals surface area contributed by atoms with Crippen LogP contribution in [-0.2, 0) is 16.0 Å². The van der Waals surface area contributed by atoms with Crippen molar-refractivity contribution in [3.63, 3.8) is 0 Å². The summed E-state index contributed by atoms with van der Waals surface area (Å²) in [6, 6.07) is 2.92. The van der Waals surface area contributed by atoms with Crippen LogP contribution in [0.5, 0.6) is 0 Å². The molecule has 0 heterocycles. The molecule has 76 valence electrons. The molecule has 0 saturated heterocycles. The Hall–Kier alpha value is -1.10. The molecule has 0 aliphatic carbocycles. The van der Waals surface area contributed by atoms with Crippen LogP contribution in [0.15, 0.2) is 16.6 Å². The Balaban J connectivity index is 2.95. The summed E-state index contributed by atoms with van der Waals surface area (Å²) in [6.07, 6.45) is 0.0829. The number of anilines is 1. The van der Waals surface area contributed by atoms with Crippen molar-refractivity contribution in [3.05, 3.63) is 28.0 Å². The second-order valence-electron chi connectivity index (χ2n) is 2.73. The first kappa shape index (κ1) is 11.0. The van der Waals surface area contributed by atoms with Crippen LogP contribution in [0.3, 0.4) is 0 Å². The lowest BCUT2D eigenvalue weighted by atomic mass is 10.1. The predicted octanol–water partition coefficient (Wildman–Crippen LogP) is 1.89. The summed E-state index contributed by atoms with van der Waals surface area (Å²) in [5.41, 5.74) is 6.01. The number of benzene rings is 1. The van der Waals surface area contributed by atoms with Crippen LogP contribution in [0.2, 0.25) is 0 Å². The van der Waals surface area contributed by atoms with Gasteiger partial charge in [-0.1, -0.05) is 0 Å². The molecule has 0 atom stereocenters. The molecule has 0 bridgehead atoms. The topological polar surface area (TPSA) is 52.3 Å². The van der Waals surface area contributed by atoms with Crippen LogP contribution < -0.4 is 5.73 Å². The highest BCUT2D eigenvalue weighted by atomic mass is 79.9. The molecule has 0 aliphatic heterocycles. The normalized spacial score (nSPS) is 9.93. The molecule has 0 aliphatic rings. The van der Waals surface area contributed by atoms with Crippen molar-refractivity contribution in [1.29, 1.82) is 0 Å². The van der Waals surface area contributed by atoms with Crippen LogP contribution in [0.1, 0.15) is 5.56 Å². The largest absolute Gasteiger partial charge is 0.469 e. The van der Waals surface area contributed by atoms with E-state index in [1.54, 1.807) is 0 Å². The highest BCUT2D eigenvalue weighted by molar-refractivity contribution is 9.10. The summed E-state index contributed by atoms with van der Waals surface area (Å²) in [6.45, 7) is 0. The van der Waals surface area contributed by atoms with Gasteiger partial charge in [0.25, 0.3) is 0 Å². The highest BCUT2D eigenvalue weighted by Gasteiger charge is 2.09. The summed E-state index contributed by atoms with van der Waals surface area (Å²) in [5.74, 6) is -0.901. The Morgan fingerprint density at radius 1 is 1.64 bits per heavy atom. The second-order valence-corrected chi connectivity index (χ2v) is 3.59. The van der Waals surface area contributed by atoms with Gasteiger partial charge in [-0.25, -0.2) is 4.39 Å². The quantitative estimate of drug-likeness (QED) is 0.654. The molecule has 0 aromatic heterocycles. The van der Waals surface area contributed by atoms with Gasteiger partial charge in [0, 0.05) is 0 Å². The maximum atomic E-state index is 13.0. The highest BCUT2D eigenvalue weighted by Crippen LogP contribution is 2.23. The number of ether oxygens (including phenoxy) is 1. The van der Waals surface area contributed by atoms with E-state index in [2.05, 4.69) is 20.7 Å². The molecular weight excluding hydrogens is 253 g/mol. The van der Waals surface area contributed by atoms with Gasteiger partial charge in [-0.15, -0.1) is 0 Å². The van der Waals surface area contributed by atoms with E-state index in [1.165, 1.54) is 19.2 Å². The fourth-order valence-electron chi connectivity index (χ4n) is 1.01. The minimum atomic E-state index is -0.515. The van der Waals surface area contributed by atoms with E-state index in [4.69, 9.17) is 5.73 Å². The summed E-state index contributed by atoms with van der Waals surface area (Å²) >= 11 is 3.00. The van der Waals surface area contributed by atoms with E-state index in [1.807, 2.05) is 0 Å². The van der Waals surface area contributed by atoms with Crippen molar-refractivity contribution in [3.8, 4) is 0 Å². The Kier molecular flexibility index (Phi) is 3.46. The van der Waals surface area contributed by atoms with Gasteiger partial charge in [0.15, 0.2) is 5.82 Å². The standard InChI is InChI=1S/C9H9BrFNO2/c1-14-8(13)4-5-2-6(10)9(11)7(12)3-5/h2-3H,4,12H2,1H3. The summed E-state index contributed by atoms with van der Waals surface area (Å²) in [5, 5.41) is 0. The summed E-state index contributed by atoms with van der Waals surface area (Å²) in [7, 11) is 1.30. The average molecular weight is 262 g/mol. The molecule has 2 N–H and O–H groups in total. The van der Waals surface area contributed by atoms with Crippen molar-refractivity contribution in [2.45, 2.75) is 6.42 Å². The van der Waals surface area contributed by atoms with Gasteiger partial charge in [0.1, 0.15) is 0 Å². The molecular formula is C9H9BrFNO2. The fraction of sp³-hybridized carbons (Fsp3) is 0.222. The maximum absolute atomic E-state index is 13.0. The van der Waals surface area contributed by atoms with Gasteiger partial charge in [-0.05, 0) is 33.6 Å². The van der Waals surface area contributed by atoms with E-state index in [0.29, 0.717) is 5.56 Å². The smallest absolute Gasteiger partial charge is 0.309 e. The molecule has 0 unspecified atom stereocenters. The molecule has 3 nitrogen and oxygen atoms in total. The van der Waals surface area contributed by atoms with Crippen molar-refractivity contribution < 1.29 is 13.9 Å². The second kappa shape index (κ2) is 4.41. The van der Waals surface area contributed by atoms with Crippen LogP contribution in [-0.4, -0.2) is 13.1 Å². The third-order valence-electron chi connectivity index (χ3n) is 1.69. The molecule has 1 aromatic carbocycles. The lowest BCUT2D eigenvalue weighted by Gasteiger charge is -2.04. The number of hydrogen-bond acceptors (Lipinski definition) is 3. The number of halogens is 2. The van der Waals surface area contributed by atoms with Gasteiger partial charge in [-0.3, -0.25) is 4.79 Å². The number of esters is 1. The van der Waals surface area contributed by atoms with E-state index < -0.39 is 5.82 Å². The maximum Gasteiger partial charge on any atom is 0.309 e. The van der Waals surface area contributed by atoms with E-state index in [9.17, 15) is 9.18 Å². The van der Waals surface area contributed by atoms with Gasteiger partial charge in [0.2, 0.25) is 0 Å². The molecule has 1 rings (SSSR count). The molecule has 5 heteroatoms. The van der Waals surface area contributed by atoms with Crippen molar-refractivity contribution >= 4 is 27.6 Å². The zero-order valence-electron chi connectivity index (χ0n) is 7.51. The number of carbonyl (C=O) groups excluding carboxylic acids is 1. The number of carbonyl (C=O) groups is 1. The number of hydrogen-bond donors (Lipinski definition) is 1. The third-order valence-corrected chi connectivity index (χ3v) is 2.27. The zero-order chi connectivity index (χ0) is 10.7. The van der Waals surface area contributed by atoms with Crippen LogP contribution in [0.4, 0.5) is 10.1 Å². The lowest BCUT2D eigenvalue weighted by Crippen LogP contribution is -2.05. The van der Waals surface area contributed by atoms with Crippen LogP contribution in [0.25, 0.3) is 0 Å². The Morgan fingerprint density at radius 2 is 2.29 bits per heavy atom. The van der Waals surface area contributed by atoms with Gasteiger partial charge in [-0.2, -0.15) is 0 Å². The summed E-state index contributed by atoms with van der Waals surface area (Å²) < 4.78 is 17.8. The zero-order valence-corrected chi connectivity index (χ0v) is 9.10. The molecule has 14 heavy (non-hydrogen) atoms. The lowest BCUT2D eigenvalue weighted by molar-refractivity contribution is -0.139. The Morgan fingerprint density at radius 3 is 2.79 bits per heavy atom. The monoisotopic (exact) mass is 261 g/mol.